The number of phenolic OH excluding ortho intramolecular Hbond substituents is 1. The molecule has 1 aliphatic heterocycles. The summed E-state index contributed by atoms with van der Waals surface area (Å²) < 4.78 is 6.16. The SMILES string of the molecule is CCN1C(=O)/C(=C\c2cc(Br)c(O)c(OC)c2)SC1=S. The molecule has 2 rings (SSSR count). The summed E-state index contributed by atoms with van der Waals surface area (Å²) >= 11 is 9.69. The molecule has 1 aliphatic rings. The lowest BCUT2D eigenvalue weighted by molar-refractivity contribution is -0.121. The van der Waals surface area contributed by atoms with Crippen molar-refractivity contribution in [2.24, 2.45) is 0 Å². The normalized spacial score (nSPS) is 17.1. The summed E-state index contributed by atoms with van der Waals surface area (Å²) in [4.78, 5) is 14.2. The van der Waals surface area contributed by atoms with Crippen molar-refractivity contribution < 1.29 is 14.6 Å². The Morgan fingerprint density at radius 1 is 1.55 bits per heavy atom. The van der Waals surface area contributed by atoms with E-state index in [0.717, 1.165) is 5.56 Å². The molecule has 0 aliphatic carbocycles. The average molecular weight is 374 g/mol. The van der Waals surface area contributed by atoms with E-state index in [9.17, 15) is 9.90 Å². The number of hydrogen-bond acceptors (Lipinski definition) is 5. The number of aromatic hydroxyl groups is 1. The van der Waals surface area contributed by atoms with Crippen LogP contribution in [0.5, 0.6) is 11.5 Å². The van der Waals surface area contributed by atoms with Gasteiger partial charge < -0.3 is 9.84 Å². The summed E-state index contributed by atoms with van der Waals surface area (Å²) in [5.74, 6) is 0.285. The number of likely N-dealkylation sites (N-methyl/N-ethyl adjacent to an activating group) is 1. The fraction of sp³-hybridized carbons (Fsp3) is 0.231. The zero-order valence-electron chi connectivity index (χ0n) is 10.8. The van der Waals surface area contributed by atoms with E-state index in [1.165, 1.54) is 18.9 Å². The fourth-order valence-electron chi connectivity index (χ4n) is 1.76. The summed E-state index contributed by atoms with van der Waals surface area (Å²) in [6, 6.07) is 3.38. The number of ether oxygens (including phenoxy) is 1. The standard InChI is InChI=1S/C13H12BrNO3S2/c1-3-15-12(17)10(20-13(15)19)6-7-4-8(14)11(16)9(5-7)18-2/h4-6,16H,3H2,1-2H3/b10-6+. The van der Waals surface area contributed by atoms with Gasteiger partial charge in [0.25, 0.3) is 5.91 Å². The highest BCUT2D eigenvalue weighted by molar-refractivity contribution is 9.10. The molecule has 1 heterocycles. The second-order valence-corrected chi connectivity index (χ2v) is 6.51. The van der Waals surface area contributed by atoms with Crippen molar-refractivity contribution in [3.05, 3.63) is 27.1 Å². The highest BCUT2D eigenvalue weighted by Gasteiger charge is 2.30. The number of thioether (sulfide) groups is 1. The van der Waals surface area contributed by atoms with Crippen molar-refractivity contribution in [2.75, 3.05) is 13.7 Å². The van der Waals surface area contributed by atoms with Crippen LogP contribution in [-0.4, -0.2) is 33.9 Å². The molecule has 0 spiro atoms. The van der Waals surface area contributed by atoms with Crippen LogP contribution in [0, 0.1) is 0 Å². The minimum absolute atomic E-state index is 0.0331. The molecule has 0 bridgehead atoms. The number of hydrogen-bond donors (Lipinski definition) is 1. The van der Waals surface area contributed by atoms with Crippen LogP contribution in [0.25, 0.3) is 6.08 Å². The molecule has 1 N–H and O–H groups in total. The molecule has 1 aromatic rings. The predicted octanol–water partition coefficient (Wildman–Crippen LogP) is 3.38. The van der Waals surface area contributed by atoms with E-state index in [0.29, 0.717) is 26.0 Å². The molecule has 0 atom stereocenters. The van der Waals surface area contributed by atoms with Gasteiger partial charge in [0.2, 0.25) is 0 Å². The van der Waals surface area contributed by atoms with Gasteiger partial charge in [-0.05, 0) is 46.6 Å². The van der Waals surface area contributed by atoms with Gasteiger partial charge in [0.1, 0.15) is 4.32 Å². The summed E-state index contributed by atoms with van der Waals surface area (Å²) in [5.41, 5.74) is 0.753. The number of rotatable bonds is 3. The quantitative estimate of drug-likeness (QED) is 0.649. The third-order valence-corrected chi connectivity index (χ3v) is 4.74. The molecule has 0 unspecified atom stereocenters. The number of halogens is 1. The monoisotopic (exact) mass is 373 g/mol. The molecule has 0 aromatic heterocycles. The lowest BCUT2D eigenvalue weighted by atomic mass is 10.2. The van der Waals surface area contributed by atoms with Crippen molar-refractivity contribution in [1.29, 1.82) is 0 Å². The number of carbonyl (C=O) groups is 1. The fourth-order valence-corrected chi connectivity index (χ4v) is 3.60. The Kier molecular flexibility index (Phi) is 4.72. The molecular formula is C13H12BrNO3S2. The van der Waals surface area contributed by atoms with Crippen LogP contribution in [-0.2, 0) is 4.79 Å². The van der Waals surface area contributed by atoms with E-state index < -0.39 is 0 Å². The van der Waals surface area contributed by atoms with Crippen LogP contribution in [0.4, 0.5) is 0 Å². The van der Waals surface area contributed by atoms with Crippen LogP contribution in [0.2, 0.25) is 0 Å². The van der Waals surface area contributed by atoms with Gasteiger partial charge in [0.15, 0.2) is 11.5 Å². The van der Waals surface area contributed by atoms with Crippen LogP contribution in [0.1, 0.15) is 12.5 Å². The first kappa shape index (κ1) is 15.3. The second kappa shape index (κ2) is 6.15. The first-order valence-electron chi connectivity index (χ1n) is 5.79. The van der Waals surface area contributed by atoms with Gasteiger partial charge in [-0.1, -0.05) is 24.0 Å². The summed E-state index contributed by atoms with van der Waals surface area (Å²) in [5, 5.41) is 9.76. The molecule has 7 heteroatoms. The Bertz CT molecular complexity index is 616. The Labute approximate surface area is 134 Å². The van der Waals surface area contributed by atoms with E-state index in [2.05, 4.69) is 15.9 Å². The molecule has 0 saturated carbocycles. The third kappa shape index (κ3) is 2.84. The van der Waals surface area contributed by atoms with Crippen LogP contribution >= 0.6 is 39.9 Å². The molecule has 106 valence electrons. The van der Waals surface area contributed by atoms with Crippen LogP contribution in [0.3, 0.4) is 0 Å². The van der Waals surface area contributed by atoms with Crippen molar-refractivity contribution in [3.63, 3.8) is 0 Å². The Balaban J connectivity index is 2.39. The van der Waals surface area contributed by atoms with Crippen LogP contribution < -0.4 is 4.74 Å². The number of phenols is 1. The Morgan fingerprint density at radius 3 is 2.80 bits per heavy atom. The number of methoxy groups -OCH3 is 1. The zero-order valence-corrected chi connectivity index (χ0v) is 14.1. The minimum atomic E-state index is -0.0920. The van der Waals surface area contributed by atoms with E-state index in [-0.39, 0.29) is 11.7 Å². The maximum atomic E-state index is 12.1. The topological polar surface area (TPSA) is 49.8 Å². The molecule has 4 nitrogen and oxygen atoms in total. The number of nitrogens with zero attached hydrogens (tertiary/aromatic N) is 1. The smallest absolute Gasteiger partial charge is 0.266 e. The third-order valence-electron chi connectivity index (χ3n) is 2.76. The lowest BCUT2D eigenvalue weighted by Crippen LogP contribution is -2.27. The minimum Gasteiger partial charge on any atom is -0.503 e. The molecule has 0 radical (unpaired) electrons. The molecule has 1 saturated heterocycles. The zero-order chi connectivity index (χ0) is 14.9. The van der Waals surface area contributed by atoms with Gasteiger partial charge in [-0.15, -0.1) is 0 Å². The number of amides is 1. The predicted molar refractivity (Wildman–Crippen MR) is 87.9 cm³/mol. The van der Waals surface area contributed by atoms with Crippen molar-refractivity contribution in [1.82, 2.24) is 4.90 Å². The Morgan fingerprint density at radius 2 is 2.25 bits per heavy atom. The highest BCUT2D eigenvalue weighted by Crippen LogP contribution is 2.38. The first-order valence-corrected chi connectivity index (χ1v) is 7.81. The van der Waals surface area contributed by atoms with E-state index in [4.69, 9.17) is 17.0 Å². The van der Waals surface area contributed by atoms with E-state index in [1.807, 2.05) is 6.92 Å². The van der Waals surface area contributed by atoms with Gasteiger partial charge in [-0.2, -0.15) is 0 Å². The van der Waals surface area contributed by atoms with Gasteiger partial charge in [0, 0.05) is 6.54 Å². The van der Waals surface area contributed by atoms with Crippen molar-refractivity contribution >= 4 is 56.2 Å². The van der Waals surface area contributed by atoms with E-state index in [1.54, 1.807) is 23.1 Å². The first-order chi connectivity index (χ1) is 9.47. The summed E-state index contributed by atoms with van der Waals surface area (Å²) in [6.45, 7) is 2.44. The van der Waals surface area contributed by atoms with Crippen molar-refractivity contribution in [2.45, 2.75) is 6.92 Å². The maximum Gasteiger partial charge on any atom is 0.266 e. The van der Waals surface area contributed by atoms with Gasteiger partial charge in [-0.3, -0.25) is 9.69 Å². The molecule has 20 heavy (non-hydrogen) atoms. The number of thiocarbonyl (C=S) groups is 1. The largest absolute Gasteiger partial charge is 0.503 e. The van der Waals surface area contributed by atoms with Gasteiger partial charge in [-0.25, -0.2) is 0 Å². The molecule has 1 aromatic carbocycles. The van der Waals surface area contributed by atoms with Gasteiger partial charge >= 0.3 is 0 Å². The van der Waals surface area contributed by atoms with E-state index >= 15 is 0 Å². The summed E-state index contributed by atoms with van der Waals surface area (Å²) in [6.07, 6.45) is 1.74. The number of benzene rings is 1. The van der Waals surface area contributed by atoms with Crippen LogP contribution in [0.15, 0.2) is 21.5 Å². The van der Waals surface area contributed by atoms with Crippen molar-refractivity contribution in [3.8, 4) is 11.5 Å². The highest BCUT2D eigenvalue weighted by atomic mass is 79.9. The molecule has 1 fully saturated rings. The maximum absolute atomic E-state index is 12.1. The van der Waals surface area contributed by atoms with Gasteiger partial charge in [0.05, 0.1) is 16.5 Å². The summed E-state index contributed by atoms with van der Waals surface area (Å²) in [7, 11) is 1.47. The Hall–Kier alpha value is -1.05. The number of carbonyl (C=O) groups excluding carboxylic acids is 1. The average Bonchev–Trinajstić information content (AvgIpc) is 2.68. The lowest BCUT2D eigenvalue weighted by Gasteiger charge is -2.09. The molecular weight excluding hydrogens is 362 g/mol. The second-order valence-electron chi connectivity index (χ2n) is 3.98. The molecule has 1 amide bonds.